The number of carbonyl (C=O) groups is 1. The third-order valence-electron chi connectivity index (χ3n) is 3.27. The van der Waals surface area contributed by atoms with Crippen molar-refractivity contribution in [3.63, 3.8) is 0 Å². The van der Waals surface area contributed by atoms with Crippen LogP contribution in [0.2, 0.25) is 0 Å². The van der Waals surface area contributed by atoms with Gasteiger partial charge in [0.25, 0.3) is 0 Å². The summed E-state index contributed by atoms with van der Waals surface area (Å²) in [6.07, 6.45) is 2.83. The molecular formula is C16H24O2S. The molecule has 1 aromatic rings. The Hall–Kier alpha value is -0.960. The number of thioether (sulfide) groups is 1. The van der Waals surface area contributed by atoms with Crippen LogP contribution in [0.25, 0.3) is 0 Å². The zero-order valence-corrected chi connectivity index (χ0v) is 12.9. The van der Waals surface area contributed by atoms with Gasteiger partial charge in [0.2, 0.25) is 0 Å². The van der Waals surface area contributed by atoms with Crippen LogP contribution in [0.1, 0.15) is 44.2 Å². The van der Waals surface area contributed by atoms with E-state index in [-0.39, 0.29) is 0 Å². The van der Waals surface area contributed by atoms with Gasteiger partial charge in [-0.3, -0.25) is 4.79 Å². The van der Waals surface area contributed by atoms with Crippen LogP contribution in [0.15, 0.2) is 24.3 Å². The number of hydrogen-bond acceptors (Lipinski definition) is 2. The van der Waals surface area contributed by atoms with Crippen molar-refractivity contribution in [1.29, 1.82) is 0 Å². The number of benzene rings is 1. The van der Waals surface area contributed by atoms with Crippen molar-refractivity contribution in [1.82, 2.24) is 0 Å². The van der Waals surface area contributed by atoms with Crippen LogP contribution in [0.3, 0.4) is 0 Å². The lowest BCUT2D eigenvalue weighted by atomic mass is 9.88. The molecule has 0 aliphatic carbocycles. The molecule has 0 spiro atoms. The van der Waals surface area contributed by atoms with Crippen molar-refractivity contribution < 1.29 is 9.90 Å². The summed E-state index contributed by atoms with van der Waals surface area (Å²) in [6.45, 7) is 5.71. The van der Waals surface area contributed by atoms with Gasteiger partial charge < -0.3 is 5.11 Å². The SMILES string of the molecule is Cc1cccc(CSCCCCC(C)(C)C(=O)O)c1. The summed E-state index contributed by atoms with van der Waals surface area (Å²) in [5.74, 6) is 1.45. The molecule has 0 amide bonds. The summed E-state index contributed by atoms with van der Waals surface area (Å²) in [6, 6.07) is 8.59. The minimum Gasteiger partial charge on any atom is -0.481 e. The normalized spacial score (nSPS) is 11.5. The highest BCUT2D eigenvalue weighted by molar-refractivity contribution is 7.98. The van der Waals surface area contributed by atoms with Crippen LogP contribution in [0.4, 0.5) is 0 Å². The van der Waals surface area contributed by atoms with Gasteiger partial charge in [0.05, 0.1) is 5.41 Å². The zero-order chi connectivity index (χ0) is 14.3. The van der Waals surface area contributed by atoms with Crippen LogP contribution in [-0.2, 0) is 10.5 Å². The van der Waals surface area contributed by atoms with E-state index in [0.717, 1.165) is 30.8 Å². The lowest BCUT2D eigenvalue weighted by Gasteiger charge is -2.18. The van der Waals surface area contributed by atoms with Gasteiger partial charge in [-0.1, -0.05) is 36.2 Å². The molecule has 0 saturated carbocycles. The van der Waals surface area contributed by atoms with Crippen molar-refractivity contribution in [2.24, 2.45) is 5.41 Å². The van der Waals surface area contributed by atoms with E-state index in [1.807, 2.05) is 11.8 Å². The van der Waals surface area contributed by atoms with E-state index in [0.29, 0.717) is 0 Å². The molecule has 106 valence electrons. The summed E-state index contributed by atoms with van der Waals surface area (Å²) in [5, 5.41) is 9.01. The summed E-state index contributed by atoms with van der Waals surface area (Å²) in [5.41, 5.74) is 2.10. The molecule has 0 bridgehead atoms. The third-order valence-corrected chi connectivity index (χ3v) is 4.39. The van der Waals surface area contributed by atoms with Crippen LogP contribution in [0.5, 0.6) is 0 Å². The van der Waals surface area contributed by atoms with Crippen LogP contribution in [0, 0.1) is 12.3 Å². The molecule has 0 aliphatic rings. The molecule has 19 heavy (non-hydrogen) atoms. The molecule has 3 heteroatoms. The van der Waals surface area contributed by atoms with E-state index in [2.05, 4.69) is 31.2 Å². The van der Waals surface area contributed by atoms with Gasteiger partial charge in [-0.05, 0) is 44.9 Å². The predicted molar refractivity (Wildman–Crippen MR) is 82.6 cm³/mol. The molecule has 1 rings (SSSR count). The van der Waals surface area contributed by atoms with E-state index in [1.165, 1.54) is 11.1 Å². The highest BCUT2D eigenvalue weighted by atomic mass is 32.2. The van der Waals surface area contributed by atoms with Crippen molar-refractivity contribution in [2.45, 2.75) is 45.8 Å². The quantitative estimate of drug-likeness (QED) is 0.712. The molecular weight excluding hydrogens is 256 g/mol. The highest BCUT2D eigenvalue weighted by Gasteiger charge is 2.25. The van der Waals surface area contributed by atoms with Crippen LogP contribution >= 0.6 is 11.8 Å². The number of carboxylic acid groups (broad SMARTS) is 1. The Kier molecular flexibility index (Phi) is 6.43. The summed E-state index contributed by atoms with van der Waals surface area (Å²) in [7, 11) is 0. The fourth-order valence-electron chi connectivity index (χ4n) is 1.87. The molecule has 0 saturated heterocycles. The first kappa shape index (κ1) is 16.1. The molecule has 0 aliphatic heterocycles. The number of aryl methyl sites for hydroxylation is 1. The smallest absolute Gasteiger partial charge is 0.309 e. The molecule has 1 aromatic carbocycles. The number of carboxylic acids is 1. The molecule has 1 N–H and O–H groups in total. The second kappa shape index (κ2) is 7.59. The van der Waals surface area contributed by atoms with E-state index in [9.17, 15) is 4.79 Å². The summed E-state index contributed by atoms with van der Waals surface area (Å²) >= 11 is 1.93. The molecule has 2 nitrogen and oxygen atoms in total. The summed E-state index contributed by atoms with van der Waals surface area (Å²) in [4.78, 5) is 11.0. The highest BCUT2D eigenvalue weighted by Crippen LogP contribution is 2.24. The molecule has 0 radical (unpaired) electrons. The minimum atomic E-state index is -0.695. The number of unbranched alkanes of at least 4 members (excludes halogenated alkanes) is 1. The lowest BCUT2D eigenvalue weighted by molar-refractivity contribution is -0.147. The second-order valence-electron chi connectivity index (χ2n) is 5.69. The predicted octanol–water partition coefficient (Wildman–Crippen LogP) is 4.51. The van der Waals surface area contributed by atoms with Crippen LogP contribution in [-0.4, -0.2) is 16.8 Å². The Balaban J connectivity index is 2.14. The lowest BCUT2D eigenvalue weighted by Crippen LogP contribution is -2.23. The summed E-state index contributed by atoms with van der Waals surface area (Å²) < 4.78 is 0. The fourth-order valence-corrected chi connectivity index (χ4v) is 2.84. The fraction of sp³-hybridized carbons (Fsp3) is 0.562. The van der Waals surface area contributed by atoms with Gasteiger partial charge in [0.15, 0.2) is 0 Å². The Morgan fingerprint density at radius 2 is 2.05 bits per heavy atom. The zero-order valence-electron chi connectivity index (χ0n) is 12.1. The maximum Gasteiger partial charge on any atom is 0.309 e. The van der Waals surface area contributed by atoms with E-state index in [1.54, 1.807) is 13.8 Å². The average Bonchev–Trinajstić information content (AvgIpc) is 2.33. The first-order valence-electron chi connectivity index (χ1n) is 6.78. The maximum atomic E-state index is 11.0. The largest absolute Gasteiger partial charge is 0.481 e. The Morgan fingerprint density at radius 1 is 1.32 bits per heavy atom. The van der Waals surface area contributed by atoms with Crippen molar-refractivity contribution >= 4 is 17.7 Å². The molecule has 0 heterocycles. The van der Waals surface area contributed by atoms with E-state index >= 15 is 0 Å². The van der Waals surface area contributed by atoms with E-state index < -0.39 is 11.4 Å². The average molecular weight is 280 g/mol. The Morgan fingerprint density at radius 3 is 2.68 bits per heavy atom. The van der Waals surface area contributed by atoms with Gasteiger partial charge in [-0.25, -0.2) is 0 Å². The van der Waals surface area contributed by atoms with Crippen LogP contribution < -0.4 is 0 Å². The first-order chi connectivity index (χ1) is 8.92. The van der Waals surface area contributed by atoms with Gasteiger partial charge >= 0.3 is 5.97 Å². The van der Waals surface area contributed by atoms with E-state index in [4.69, 9.17) is 5.11 Å². The molecule has 0 aromatic heterocycles. The Bertz CT molecular complexity index is 413. The maximum absolute atomic E-state index is 11.0. The first-order valence-corrected chi connectivity index (χ1v) is 7.94. The van der Waals surface area contributed by atoms with Gasteiger partial charge in [-0.2, -0.15) is 11.8 Å². The number of aliphatic carboxylic acids is 1. The van der Waals surface area contributed by atoms with Gasteiger partial charge in [0, 0.05) is 5.75 Å². The molecule has 0 unspecified atom stereocenters. The number of rotatable bonds is 8. The van der Waals surface area contributed by atoms with Gasteiger partial charge in [0.1, 0.15) is 0 Å². The third kappa shape index (κ3) is 6.15. The molecule has 0 fully saturated rings. The van der Waals surface area contributed by atoms with Crippen molar-refractivity contribution in [3.05, 3.63) is 35.4 Å². The van der Waals surface area contributed by atoms with Crippen molar-refractivity contribution in [2.75, 3.05) is 5.75 Å². The topological polar surface area (TPSA) is 37.3 Å². The molecule has 0 atom stereocenters. The standard InChI is InChI=1S/C16H24O2S/c1-13-7-6-8-14(11-13)12-19-10-5-4-9-16(2,3)15(17)18/h6-8,11H,4-5,9-10,12H2,1-3H3,(H,17,18). The second-order valence-corrected chi connectivity index (χ2v) is 6.79. The van der Waals surface area contributed by atoms with Crippen molar-refractivity contribution in [3.8, 4) is 0 Å². The van der Waals surface area contributed by atoms with Gasteiger partial charge in [-0.15, -0.1) is 0 Å². The monoisotopic (exact) mass is 280 g/mol. The minimum absolute atomic E-state index is 0.582. The Labute approximate surface area is 120 Å². The number of hydrogen-bond donors (Lipinski definition) is 1.